The van der Waals surface area contributed by atoms with Crippen molar-refractivity contribution in [2.45, 2.75) is 25.6 Å². The van der Waals surface area contributed by atoms with Crippen molar-refractivity contribution in [2.75, 3.05) is 14.2 Å². The summed E-state index contributed by atoms with van der Waals surface area (Å²) in [4.78, 5) is 0. The highest BCUT2D eigenvalue weighted by atomic mass is 16.5. The number of fused-ring (bicyclic) bond motifs is 8. The molecule has 0 spiro atoms. The van der Waals surface area contributed by atoms with E-state index in [-0.39, 0.29) is 0 Å². The van der Waals surface area contributed by atoms with Gasteiger partial charge in [-0.2, -0.15) is 0 Å². The van der Waals surface area contributed by atoms with Gasteiger partial charge in [-0.1, -0.05) is 71.8 Å². The number of ether oxygens (including phenoxy) is 3. The molecule has 0 aromatic heterocycles. The number of benzene rings is 5. The summed E-state index contributed by atoms with van der Waals surface area (Å²) in [6.45, 7) is 4.16. The quantitative estimate of drug-likeness (QED) is 0.259. The maximum atomic E-state index is 11.7. The number of methoxy groups -OCH3 is 2. The molecule has 0 saturated heterocycles. The van der Waals surface area contributed by atoms with Crippen LogP contribution in [0.5, 0.6) is 17.2 Å². The molecule has 7 rings (SSSR count). The van der Waals surface area contributed by atoms with Gasteiger partial charge in [-0.05, 0) is 72.3 Å². The van der Waals surface area contributed by atoms with E-state index in [9.17, 15) is 5.11 Å². The third-order valence-corrected chi connectivity index (χ3v) is 8.32. The minimum atomic E-state index is -0.899. The molecule has 2 aliphatic rings. The van der Waals surface area contributed by atoms with Gasteiger partial charge in [0.05, 0.1) is 14.2 Å². The highest BCUT2D eigenvalue weighted by Crippen LogP contribution is 2.55. The first-order valence-corrected chi connectivity index (χ1v) is 13.5. The average Bonchev–Trinajstić information content (AvgIpc) is 3.28. The molecule has 198 valence electrons. The van der Waals surface area contributed by atoms with Crippen LogP contribution >= 0.6 is 0 Å². The molecule has 1 heterocycles. The number of hydrogen-bond acceptors (Lipinski definition) is 4. The van der Waals surface area contributed by atoms with Gasteiger partial charge in [0, 0.05) is 27.6 Å². The van der Waals surface area contributed by atoms with Crippen LogP contribution in [0.4, 0.5) is 0 Å². The minimum Gasteiger partial charge on any atom is -0.497 e. The Hall–Kier alpha value is -4.54. The highest BCUT2D eigenvalue weighted by molar-refractivity contribution is 6.08. The molecule has 4 nitrogen and oxygen atoms in total. The summed E-state index contributed by atoms with van der Waals surface area (Å²) in [6.07, 6.45) is 3.52. The molecule has 1 unspecified atom stereocenters. The van der Waals surface area contributed by atoms with E-state index in [0.29, 0.717) is 0 Å². The molecule has 0 saturated carbocycles. The standard InChI is InChI=1S/C36H30O4/c1-21-5-15-27-30(19-21)34(37)33-29-17-18-36(23-7-11-25(38-3)12-8-23,24-9-13-26(39-4)14-10-24)40-35(29)31-20-22(2)6-16-28(31)32(27)33/h5-20,34,37H,1-4H3. The summed E-state index contributed by atoms with van der Waals surface area (Å²) in [5.74, 6) is 2.34. The lowest BCUT2D eigenvalue weighted by atomic mass is 9.81. The highest BCUT2D eigenvalue weighted by Gasteiger charge is 2.41. The van der Waals surface area contributed by atoms with Gasteiger partial charge in [0.1, 0.15) is 23.4 Å². The van der Waals surface area contributed by atoms with Crippen molar-refractivity contribution in [1.82, 2.24) is 0 Å². The van der Waals surface area contributed by atoms with E-state index < -0.39 is 11.7 Å². The summed E-state index contributed by atoms with van der Waals surface area (Å²) >= 11 is 0. The van der Waals surface area contributed by atoms with E-state index in [2.05, 4.69) is 62.4 Å². The molecular formula is C36H30O4. The van der Waals surface area contributed by atoms with Crippen LogP contribution in [0.15, 0.2) is 91.0 Å². The van der Waals surface area contributed by atoms with Crippen LogP contribution in [0.2, 0.25) is 0 Å². The van der Waals surface area contributed by atoms with Crippen molar-refractivity contribution >= 4 is 16.8 Å². The Labute approximate surface area is 234 Å². The molecule has 40 heavy (non-hydrogen) atoms. The number of hydrogen-bond donors (Lipinski definition) is 1. The van der Waals surface area contributed by atoms with Gasteiger partial charge in [-0.25, -0.2) is 0 Å². The van der Waals surface area contributed by atoms with E-state index in [0.717, 1.165) is 78.1 Å². The minimum absolute atomic E-state index is 0.730. The molecule has 1 N–H and O–H groups in total. The van der Waals surface area contributed by atoms with Gasteiger partial charge in [0.2, 0.25) is 0 Å². The zero-order valence-corrected chi connectivity index (χ0v) is 23.0. The lowest BCUT2D eigenvalue weighted by molar-refractivity contribution is 0.162. The lowest BCUT2D eigenvalue weighted by Gasteiger charge is -2.37. The molecule has 4 heteroatoms. The number of aliphatic hydroxyl groups excluding tert-OH is 1. The van der Waals surface area contributed by atoms with Gasteiger partial charge in [-0.3, -0.25) is 0 Å². The monoisotopic (exact) mass is 526 g/mol. The summed E-state index contributed by atoms with van der Waals surface area (Å²) < 4.78 is 18.1. The summed E-state index contributed by atoms with van der Waals surface area (Å²) in [7, 11) is 3.34. The van der Waals surface area contributed by atoms with Crippen LogP contribution < -0.4 is 14.2 Å². The fraction of sp³-hybridized carbons (Fsp3) is 0.167. The van der Waals surface area contributed by atoms with Crippen molar-refractivity contribution in [3.8, 4) is 28.4 Å². The average molecular weight is 527 g/mol. The van der Waals surface area contributed by atoms with E-state index in [1.807, 2.05) is 48.5 Å². The molecule has 1 aliphatic heterocycles. The zero-order chi connectivity index (χ0) is 27.6. The summed E-state index contributed by atoms with van der Waals surface area (Å²) in [5.41, 5.74) is 8.27. The topological polar surface area (TPSA) is 47.9 Å². The van der Waals surface area contributed by atoms with Crippen LogP contribution in [-0.4, -0.2) is 19.3 Å². The normalized spacial score (nSPS) is 16.2. The molecule has 0 bridgehead atoms. The Kier molecular flexibility index (Phi) is 5.51. The Morgan fingerprint density at radius 3 is 1.95 bits per heavy atom. The van der Waals surface area contributed by atoms with Crippen LogP contribution in [-0.2, 0) is 5.60 Å². The van der Waals surface area contributed by atoms with Crippen LogP contribution in [0.1, 0.15) is 45.0 Å². The van der Waals surface area contributed by atoms with E-state index in [1.165, 1.54) is 0 Å². The van der Waals surface area contributed by atoms with E-state index >= 15 is 0 Å². The maximum Gasteiger partial charge on any atom is 0.178 e. The summed E-state index contributed by atoms with van der Waals surface area (Å²) in [6, 6.07) is 28.9. The number of aliphatic hydroxyl groups is 1. The fourth-order valence-electron chi connectivity index (χ4n) is 6.30. The Morgan fingerprint density at radius 1 is 0.725 bits per heavy atom. The van der Waals surface area contributed by atoms with Crippen molar-refractivity contribution in [3.05, 3.63) is 130 Å². The zero-order valence-electron chi connectivity index (χ0n) is 23.0. The molecule has 5 aromatic carbocycles. The second-order valence-electron chi connectivity index (χ2n) is 10.7. The van der Waals surface area contributed by atoms with Gasteiger partial charge in [0.25, 0.3) is 0 Å². The molecule has 0 amide bonds. The van der Waals surface area contributed by atoms with Crippen molar-refractivity contribution in [2.24, 2.45) is 0 Å². The third-order valence-electron chi connectivity index (χ3n) is 8.32. The largest absolute Gasteiger partial charge is 0.497 e. The molecular weight excluding hydrogens is 496 g/mol. The van der Waals surface area contributed by atoms with E-state index in [4.69, 9.17) is 14.2 Å². The smallest absolute Gasteiger partial charge is 0.178 e. The van der Waals surface area contributed by atoms with Crippen LogP contribution in [0, 0.1) is 13.8 Å². The molecule has 1 atom stereocenters. The molecule has 5 aromatic rings. The lowest BCUT2D eigenvalue weighted by Crippen LogP contribution is -2.34. The Balaban J connectivity index is 1.52. The third kappa shape index (κ3) is 3.49. The number of aryl methyl sites for hydroxylation is 2. The van der Waals surface area contributed by atoms with Gasteiger partial charge in [-0.15, -0.1) is 0 Å². The van der Waals surface area contributed by atoms with Crippen molar-refractivity contribution in [3.63, 3.8) is 0 Å². The first-order valence-electron chi connectivity index (χ1n) is 13.5. The second kappa shape index (κ2) is 9.00. The Bertz CT molecular complexity index is 1770. The predicted molar refractivity (Wildman–Crippen MR) is 159 cm³/mol. The van der Waals surface area contributed by atoms with Crippen molar-refractivity contribution < 1.29 is 19.3 Å². The van der Waals surface area contributed by atoms with Crippen LogP contribution in [0.3, 0.4) is 0 Å². The maximum absolute atomic E-state index is 11.7. The molecule has 1 aliphatic carbocycles. The second-order valence-corrected chi connectivity index (χ2v) is 10.7. The van der Waals surface area contributed by atoms with Gasteiger partial charge >= 0.3 is 0 Å². The first kappa shape index (κ1) is 24.5. The van der Waals surface area contributed by atoms with Gasteiger partial charge < -0.3 is 19.3 Å². The molecule has 0 fully saturated rings. The van der Waals surface area contributed by atoms with Crippen molar-refractivity contribution in [1.29, 1.82) is 0 Å². The number of rotatable bonds is 4. The molecule has 0 radical (unpaired) electrons. The van der Waals surface area contributed by atoms with Crippen LogP contribution in [0.25, 0.3) is 28.0 Å². The Morgan fingerprint density at radius 2 is 1.32 bits per heavy atom. The fourth-order valence-corrected chi connectivity index (χ4v) is 6.30. The SMILES string of the molecule is COc1ccc(C2(c3ccc(OC)cc3)C=Cc3c4c(c5ccc(C)cc5c3O2)-c2ccc(C)cc2C4O)cc1. The first-order chi connectivity index (χ1) is 19.4. The van der Waals surface area contributed by atoms with E-state index in [1.54, 1.807) is 14.2 Å². The summed E-state index contributed by atoms with van der Waals surface area (Å²) in [5, 5.41) is 13.8. The van der Waals surface area contributed by atoms with Gasteiger partial charge in [0.15, 0.2) is 5.60 Å². The predicted octanol–water partition coefficient (Wildman–Crippen LogP) is 7.89.